The minimum absolute atomic E-state index is 0.286. The first-order valence-electron chi connectivity index (χ1n) is 5.19. The van der Waals surface area contributed by atoms with Gasteiger partial charge in [-0.05, 0) is 26.7 Å². The maximum Gasteiger partial charge on any atom is 0.1000 e. The Balaban J connectivity index is 2.30. The van der Waals surface area contributed by atoms with E-state index in [2.05, 4.69) is 6.92 Å². The van der Waals surface area contributed by atoms with E-state index >= 15 is 0 Å². The van der Waals surface area contributed by atoms with Crippen LogP contribution in [0.5, 0.6) is 0 Å². The zero-order valence-corrected chi connectivity index (χ0v) is 8.66. The first-order chi connectivity index (χ1) is 6.34. The van der Waals surface area contributed by atoms with E-state index < -0.39 is 0 Å². The maximum absolute atomic E-state index is 5.53. The third kappa shape index (κ3) is 3.81. The van der Waals surface area contributed by atoms with Crippen LogP contribution in [-0.4, -0.2) is 19.3 Å². The van der Waals surface area contributed by atoms with Crippen LogP contribution in [0.2, 0.25) is 0 Å². The second kappa shape index (κ2) is 6.03. The second-order valence-electron chi connectivity index (χ2n) is 3.64. The first-order valence-corrected chi connectivity index (χ1v) is 5.19. The van der Waals surface area contributed by atoms with Crippen molar-refractivity contribution >= 4 is 0 Å². The Hall–Kier alpha value is -0.500. The predicted molar refractivity (Wildman–Crippen MR) is 53.5 cm³/mol. The number of ether oxygens (including phenoxy) is 2. The molecule has 0 N–H and O–H groups in total. The number of hydrogen-bond donors (Lipinski definition) is 0. The van der Waals surface area contributed by atoms with E-state index in [9.17, 15) is 0 Å². The lowest BCUT2D eigenvalue weighted by molar-refractivity contribution is 0.0386. The minimum Gasteiger partial charge on any atom is -0.498 e. The van der Waals surface area contributed by atoms with E-state index in [0.29, 0.717) is 5.92 Å². The van der Waals surface area contributed by atoms with Crippen molar-refractivity contribution in [3.8, 4) is 0 Å². The summed E-state index contributed by atoms with van der Waals surface area (Å²) < 4.78 is 11.0. The molecule has 0 bridgehead atoms. The molecule has 1 fully saturated rings. The second-order valence-corrected chi connectivity index (χ2v) is 3.64. The average Bonchev–Trinajstić information content (AvgIpc) is 2.42. The van der Waals surface area contributed by atoms with Gasteiger partial charge in [0.15, 0.2) is 0 Å². The Kier molecular flexibility index (Phi) is 4.91. The van der Waals surface area contributed by atoms with Crippen LogP contribution in [-0.2, 0) is 9.47 Å². The van der Waals surface area contributed by atoms with Crippen LogP contribution in [0.1, 0.15) is 33.1 Å². The Morgan fingerprint density at radius 2 is 2.31 bits per heavy atom. The van der Waals surface area contributed by atoms with Crippen LogP contribution in [0.15, 0.2) is 12.3 Å². The third-order valence-electron chi connectivity index (χ3n) is 2.54. The van der Waals surface area contributed by atoms with Gasteiger partial charge in [0.05, 0.1) is 19.0 Å². The van der Waals surface area contributed by atoms with Crippen molar-refractivity contribution in [1.29, 1.82) is 0 Å². The first kappa shape index (κ1) is 10.6. The molecule has 0 aliphatic carbocycles. The molecule has 0 spiro atoms. The maximum atomic E-state index is 5.53. The smallest absolute Gasteiger partial charge is 0.1000 e. The van der Waals surface area contributed by atoms with Gasteiger partial charge in [-0.3, -0.25) is 0 Å². The van der Waals surface area contributed by atoms with Gasteiger partial charge < -0.3 is 9.47 Å². The topological polar surface area (TPSA) is 18.5 Å². The quantitative estimate of drug-likeness (QED) is 0.628. The van der Waals surface area contributed by atoms with Crippen molar-refractivity contribution in [2.45, 2.75) is 39.2 Å². The van der Waals surface area contributed by atoms with Gasteiger partial charge in [-0.2, -0.15) is 0 Å². The molecule has 2 heteroatoms. The summed E-state index contributed by atoms with van der Waals surface area (Å²) in [5, 5.41) is 0. The van der Waals surface area contributed by atoms with Crippen LogP contribution in [0.4, 0.5) is 0 Å². The lowest BCUT2D eigenvalue weighted by Crippen LogP contribution is -2.22. The van der Waals surface area contributed by atoms with E-state index in [0.717, 1.165) is 13.2 Å². The molecule has 2 nitrogen and oxygen atoms in total. The van der Waals surface area contributed by atoms with Gasteiger partial charge in [0.25, 0.3) is 0 Å². The van der Waals surface area contributed by atoms with Gasteiger partial charge in [-0.15, -0.1) is 0 Å². The van der Waals surface area contributed by atoms with Gasteiger partial charge in [-0.25, -0.2) is 0 Å². The Labute approximate surface area is 80.9 Å². The average molecular weight is 184 g/mol. The molecule has 1 aliphatic rings. The standard InChI is InChI=1S/C11H20O2/c1-3-7-13-10(2)11-6-4-5-8-12-9-11/h3,7,10-11H,4-6,8-9H2,1-2H3/b7-3+. The molecule has 0 aromatic carbocycles. The van der Waals surface area contributed by atoms with Crippen LogP contribution >= 0.6 is 0 Å². The van der Waals surface area contributed by atoms with Gasteiger partial charge >= 0.3 is 0 Å². The molecule has 1 rings (SSSR count). The van der Waals surface area contributed by atoms with Crippen LogP contribution in [0.25, 0.3) is 0 Å². The molecule has 1 saturated heterocycles. The van der Waals surface area contributed by atoms with Gasteiger partial charge in [0.2, 0.25) is 0 Å². The SMILES string of the molecule is C/C=C/OC(C)C1CCCCOC1. The molecule has 13 heavy (non-hydrogen) atoms. The van der Waals surface area contributed by atoms with Crippen LogP contribution in [0, 0.1) is 5.92 Å². The van der Waals surface area contributed by atoms with Crippen molar-refractivity contribution in [2.24, 2.45) is 5.92 Å². The van der Waals surface area contributed by atoms with Crippen LogP contribution < -0.4 is 0 Å². The van der Waals surface area contributed by atoms with Crippen molar-refractivity contribution in [3.63, 3.8) is 0 Å². The molecular weight excluding hydrogens is 164 g/mol. The molecule has 0 aromatic heterocycles. The number of rotatable bonds is 3. The van der Waals surface area contributed by atoms with Crippen molar-refractivity contribution in [3.05, 3.63) is 12.3 Å². The molecule has 0 amide bonds. The van der Waals surface area contributed by atoms with E-state index in [-0.39, 0.29) is 6.10 Å². The molecule has 0 saturated carbocycles. The lowest BCUT2D eigenvalue weighted by Gasteiger charge is -2.21. The molecule has 76 valence electrons. The summed E-state index contributed by atoms with van der Waals surface area (Å²) in [7, 11) is 0. The zero-order chi connectivity index (χ0) is 9.52. The zero-order valence-electron chi connectivity index (χ0n) is 8.66. The Bertz CT molecular complexity index is 146. The molecule has 2 unspecified atom stereocenters. The van der Waals surface area contributed by atoms with Gasteiger partial charge in [-0.1, -0.05) is 12.5 Å². The summed E-state index contributed by atoms with van der Waals surface area (Å²) in [6.07, 6.45) is 7.69. The van der Waals surface area contributed by atoms with E-state index in [1.807, 2.05) is 13.0 Å². The van der Waals surface area contributed by atoms with Crippen molar-refractivity contribution in [1.82, 2.24) is 0 Å². The fourth-order valence-corrected chi connectivity index (χ4v) is 1.61. The fourth-order valence-electron chi connectivity index (χ4n) is 1.61. The summed E-state index contributed by atoms with van der Waals surface area (Å²) in [4.78, 5) is 0. The van der Waals surface area contributed by atoms with Gasteiger partial charge in [0, 0.05) is 12.5 Å². The molecule has 1 aliphatic heterocycles. The van der Waals surface area contributed by atoms with E-state index in [1.165, 1.54) is 19.3 Å². The van der Waals surface area contributed by atoms with Gasteiger partial charge in [0.1, 0.15) is 0 Å². The normalized spacial score (nSPS) is 27.1. The largest absolute Gasteiger partial charge is 0.498 e. The molecule has 2 atom stereocenters. The summed E-state index contributed by atoms with van der Waals surface area (Å²) >= 11 is 0. The minimum atomic E-state index is 0.286. The molecule has 1 heterocycles. The number of allylic oxidation sites excluding steroid dienone is 1. The van der Waals surface area contributed by atoms with Crippen LogP contribution in [0.3, 0.4) is 0 Å². The molecular formula is C11H20O2. The highest BCUT2D eigenvalue weighted by atomic mass is 16.5. The van der Waals surface area contributed by atoms with E-state index in [1.54, 1.807) is 6.26 Å². The highest BCUT2D eigenvalue weighted by Crippen LogP contribution is 2.19. The third-order valence-corrected chi connectivity index (χ3v) is 2.54. The summed E-state index contributed by atoms with van der Waals surface area (Å²) in [6, 6.07) is 0. The van der Waals surface area contributed by atoms with E-state index in [4.69, 9.17) is 9.47 Å². The number of hydrogen-bond acceptors (Lipinski definition) is 2. The summed E-state index contributed by atoms with van der Waals surface area (Å²) in [6.45, 7) is 5.88. The predicted octanol–water partition coefficient (Wildman–Crippen LogP) is 2.74. The lowest BCUT2D eigenvalue weighted by atomic mass is 9.99. The Morgan fingerprint density at radius 1 is 1.46 bits per heavy atom. The Morgan fingerprint density at radius 3 is 3.08 bits per heavy atom. The highest BCUT2D eigenvalue weighted by molar-refractivity contribution is 4.73. The fraction of sp³-hybridized carbons (Fsp3) is 0.818. The molecule has 0 radical (unpaired) electrons. The summed E-state index contributed by atoms with van der Waals surface area (Å²) in [5.41, 5.74) is 0. The van der Waals surface area contributed by atoms with Crippen molar-refractivity contribution < 1.29 is 9.47 Å². The summed E-state index contributed by atoms with van der Waals surface area (Å²) in [5.74, 6) is 0.568. The molecule has 0 aromatic rings. The monoisotopic (exact) mass is 184 g/mol. The van der Waals surface area contributed by atoms with Crippen molar-refractivity contribution in [2.75, 3.05) is 13.2 Å². The highest BCUT2D eigenvalue weighted by Gasteiger charge is 2.19.